The first-order chi connectivity index (χ1) is 10.2. The highest BCUT2D eigenvalue weighted by Crippen LogP contribution is 2.26. The van der Waals surface area contributed by atoms with Crippen LogP contribution in [-0.2, 0) is 6.54 Å². The molecule has 3 heteroatoms. The molecule has 0 radical (unpaired) electrons. The van der Waals surface area contributed by atoms with Crippen LogP contribution in [0.25, 0.3) is 0 Å². The molecule has 1 aliphatic heterocycles. The van der Waals surface area contributed by atoms with E-state index in [1.54, 1.807) is 0 Å². The van der Waals surface area contributed by atoms with E-state index in [1.807, 2.05) is 0 Å². The second kappa shape index (κ2) is 6.52. The third kappa shape index (κ3) is 3.41. The van der Waals surface area contributed by atoms with Crippen molar-refractivity contribution >= 4 is 27.3 Å². The van der Waals surface area contributed by atoms with Gasteiger partial charge in [-0.25, -0.2) is 0 Å². The van der Waals surface area contributed by atoms with Crippen molar-refractivity contribution in [2.45, 2.75) is 26.3 Å². The van der Waals surface area contributed by atoms with Crippen molar-refractivity contribution in [3.8, 4) is 0 Å². The molecule has 1 fully saturated rings. The number of hydrogen-bond acceptors (Lipinski definition) is 2. The molecular weight excluding hydrogens is 324 g/mol. The molecule has 1 saturated heterocycles. The molecular formula is C18H21BrN2. The lowest BCUT2D eigenvalue weighted by Gasteiger charge is -2.22. The van der Waals surface area contributed by atoms with E-state index >= 15 is 0 Å². The number of anilines is 2. The maximum atomic E-state index is 3.57. The summed E-state index contributed by atoms with van der Waals surface area (Å²) in [5.41, 5.74) is 5.23. The quantitative estimate of drug-likeness (QED) is 0.842. The first-order valence-corrected chi connectivity index (χ1v) is 8.36. The molecule has 0 saturated carbocycles. The molecule has 1 N–H and O–H groups in total. The summed E-state index contributed by atoms with van der Waals surface area (Å²) in [7, 11) is 0. The molecule has 1 heterocycles. The number of nitrogens with one attached hydrogen (secondary N) is 1. The highest BCUT2D eigenvalue weighted by atomic mass is 79.9. The van der Waals surface area contributed by atoms with Gasteiger partial charge in [-0.1, -0.05) is 34.1 Å². The Morgan fingerprint density at radius 2 is 1.86 bits per heavy atom. The molecule has 3 rings (SSSR count). The van der Waals surface area contributed by atoms with Crippen LogP contribution in [0.4, 0.5) is 11.4 Å². The normalized spacial score (nSPS) is 14.5. The summed E-state index contributed by atoms with van der Waals surface area (Å²) in [6, 6.07) is 15.1. The van der Waals surface area contributed by atoms with Crippen LogP contribution < -0.4 is 10.2 Å². The zero-order valence-corrected chi connectivity index (χ0v) is 14.0. The molecule has 0 amide bonds. The lowest BCUT2D eigenvalue weighted by Crippen LogP contribution is -2.20. The average molecular weight is 345 g/mol. The molecule has 2 aromatic carbocycles. The second-order valence-corrected chi connectivity index (χ2v) is 6.55. The van der Waals surface area contributed by atoms with E-state index in [-0.39, 0.29) is 0 Å². The standard InChI is InChI=1S/C18H21BrN2/c1-14-12-16(19)8-9-17(14)20-13-15-6-2-3-7-18(15)21-10-4-5-11-21/h2-3,6-9,12,20H,4-5,10-11,13H2,1H3. The second-order valence-electron chi connectivity index (χ2n) is 5.64. The number of benzene rings is 2. The van der Waals surface area contributed by atoms with Crippen LogP contribution in [0.3, 0.4) is 0 Å². The summed E-state index contributed by atoms with van der Waals surface area (Å²) in [4.78, 5) is 2.51. The predicted octanol–water partition coefficient (Wildman–Crippen LogP) is 4.97. The fraction of sp³-hybridized carbons (Fsp3) is 0.333. The predicted molar refractivity (Wildman–Crippen MR) is 94.1 cm³/mol. The highest BCUT2D eigenvalue weighted by Gasteiger charge is 2.15. The molecule has 0 aromatic heterocycles. The van der Waals surface area contributed by atoms with Crippen molar-refractivity contribution in [3.63, 3.8) is 0 Å². The van der Waals surface area contributed by atoms with Crippen LogP contribution in [0.15, 0.2) is 46.9 Å². The van der Waals surface area contributed by atoms with Crippen molar-refractivity contribution in [2.75, 3.05) is 23.3 Å². The number of halogens is 1. The molecule has 2 nitrogen and oxygen atoms in total. The van der Waals surface area contributed by atoms with E-state index in [2.05, 4.69) is 75.5 Å². The lowest BCUT2D eigenvalue weighted by molar-refractivity contribution is 0.949. The minimum atomic E-state index is 0.870. The topological polar surface area (TPSA) is 15.3 Å². The molecule has 0 aliphatic carbocycles. The van der Waals surface area contributed by atoms with Gasteiger partial charge >= 0.3 is 0 Å². The first-order valence-electron chi connectivity index (χ1n) is 7.57. The van der Waals surface area contributed by atoms with E-state index in [1.165, 1.54) is 48.4 Å². The summed E-state index contributed by atoms with van der Waals surface area (Å²) in [5, 5.41) is 3.57. The van der Waals surface area contributed by atoms with Gasteiger partial charge in [-0.15, -0.1) is 0 Å². The Bertz CT molecular complexity index is 618. The Labute approximate surface area is 135 Å². The van der Waals surface area contributed by atoms with Gasteiger partial charge in [0.15, 0.2) is 0 Å². The maximum Gasteiger partial charge on any atom is 0.0421 e. The van der Waals surface area contributed by atoms with Crippen LogP contribution in [0.2, 0.25) is 0 Å². The van der Waals surface area contributed by atoms with Crippen molar-refractivity contribution in [1.29, 1.82) is 0 Å². The SMILES string of the molecule is Cc1cc(Br)ccc1NCc1ccccc1N1CCCC1. The number of nitrogens with zero attached hydrogens (tertiary/aromatic N) is 1. The third-order valence-corrected chi connectivity index (χ3v) is 4.59. The Balaban J connectivity index is 1.75. The van der Waals surface area contributed by atoms with Crippen LogP contribution in [0.1, 0.15) is 24.0 Å². The van der Waals surface area contributed by atoms with Gasteiger partial charge in [0.25, 0.3) is 0 Å². The van der Waals surface area contributed by atoms with Crippen molar-refractivity contribution in [3.05, 3.63) is 58.1 Å². The van der Waals surface area contributed by atoms with Crippen molar-refractivity contribution in [1.82, 2.24) is 0 Å². The van der Waals surface area contributed by atoms with Gasteiger partial charge in [-0.2, -0.15) is 0 Å². The Morgan fingerprint density at radius 1 is 1.10 bits per heavy atom. The summed E-state index contributed by atoms with van der Waals surface area (Å²) >= 11 is 3.51. The zero-order valence-electron chi connectivity index (χ0n) is 12.4. The molecule has 110 valence electrons. The summed E-state index contributed by atoms with van der Waals surface area (Å²) in [6.07, 6.45) is 2.63. The van der Waals surface area contributed by atoms with Gasteiger partial charge in [0.05, 0.1) is 0 Å². The Hall–Kier alpha value is -1.48. The van der Waals surface area contributed by atoms with Gasteiger partial charge in [0.1, 0.15) is 0 Å². The fourth-order valence-electron chi connectivity index (χ4n) is 2.94. The van der Waals surface area contributed by atoms with E-state index in [4.69, 9.17) is 0 Å². The summed E-state index contributed by atoms with van der Waals surface area (Å²) < 4.78 is 1.13. The van der Waals surface area contributed by atoms with Gasteiger partial charge in [0, 0.05) is 35.5 Å². The van der Waals surface area contributed by atoms with Gasteiger partial charge in [-0.3, -0.25) is 0 Å². The van der Waals surface area contributed by atoms with Gasteiger partial charge in [-0.05, 0) is 55.2 Å². The van der Waals surface area contributed by atoms with Crippen LogP contribution in [0.5, 0.6) is 0 Å². The minimum absolute atomic E-state index is 0.870. The summed E-state index contributed by atoms with van der Waals surface area (Å²) in [6.45, 7) is 5.39. The number of rotatable bonds is 4. The average Bonchev–Trinajstić information content (AvgIpc) is 3.01. The van der Waals surface area contributed by atoms with Crippen molar-refractivity contribution in [2.24, 2.45) is 0 Å². The van der Waals surface area contributed by atoms with E-state index in [9.17, 15) is 0 Å². The molecule has 21 heavy (non-hydrogen) atoms. The number of para-hydroxylation sites is 1. The number of aryl methyl sites for hydroxylation is 1. The van der Waals surface area contributed by atoms with Crippen LogP contribution in [0, 0.1) is 6.92 Å². The van der Waals surface area contributed by atoms with Crippen molar-refractivity contribution < 1.29 is 0 Å². The summed E-state index contributed by atoms with van der Waals surface area (Å²) in [5.74, 6) is 0. The highest BCUT2D eigenvalue weighted by molar-refractivity contribution is 9.10. The molecule has 1 aliphatic rings. The van der Waals surface area contributed by atoms with Crippen LogP contribution in [-0.4, -0.2) is 13.1 Å². The van der Waals surface area contributed by atoms with Crippen LogP contribution >= 0.6 is 15.9 Å². The Kier molecular flexibility index (Phi) is 4.49. The lowest BCUT2D eigenvalue weighted by atomic mass is 10.1. The van der Waals surface area contributed by atoms with Gasteiger partial charge < -0.3 is 10.2 Å². The maximum absolute atomic E-state index is 3.57. The van der Waals surface area contributed by atoms with E-state index in [0.717, 1.165) is 11.0 Å². The molecule has 0 atom stereocenters. The fourth-order valence-corrected chi connectivity index (χ4v) is 3.42. The van der Waals surface area contributed by atoms with E-state index in [0.29, 0.717) is 0 Å². The smallest absolute Gasteiger partial charge is 0.0421 e. The Morgan fingerprint density at radius 3 is 2.62 bits per heavy atom. The first kappa shape index (κ1) is 14.5. The molecule has 2 aromatic rings. The largest absolute Gasteiger partial charge is 0.381 e. The van der Waals surface area contributed by atoms with E-state index < -0.39 is 0 Å². The number of hydrogen-bond donors (Lipinski definition) is 1. The molecule has 0 spiro atoms. The molecule has 0 bridgehead atoms. The monoisotopic (exact) mass is 344 g/mol. The minimum Gasteiger partial charge on any atom is -0.381 e. The third-order valence-electron chi connectivity index (χ3n) is 4.10. The zero-order chi connectivity index (χ0) is 14.7. The molecule has 0 unspecified atom stereocenters. The van der Waals surface area contributed by atoms with Gasteiger partial charge in [0.2, 0.25) is 0 Å².